The van der Waals surface area contributed by atoms with E-state index in [0.29, 0.717) is 12.6 Å². The van der Waals surface area contributed by atoms with Crippen molar-refractivity contribution in [2.75, 3.05) is 26.9 Å². The molecule has 8 heteroatoms. The van der Waals surface area contributed by atoms with Crippen LogP contribution in [0.5, 0.6) is 5.75 Å². The van der Waals surface area contributed by atoms with Crippen molar-refractivity contribution in [3.8, 4) is 17.1 Å². The number of ether oxygens (including phenoxy) is 3. The van der Waals surface area contributed by atoms with Crippen LogP contribution in [-0.2, 0) is 9.47 Å². The largest absolute Gasteiger partial charge is 0.497 e. The number of hydrogen-bond acceptors (Lipinski definition) is 6. The Morgan fingerprint density at radius 2 is 2.00 bits per heavy atom. The van der Waals surface area contributed by atoms with Crippen LogP contribution in [0.1, 0.15) is 38.1 Å². The normalized spacial score (nSPS) is 29.8. The molecule has 0 amide bonds. The van der Waals surface area contributed by atoms with Crippen molar-refractivity contribution in [2.45, 2.75) is 56.4 Å². The van der Waals surface area contributed by atoms with E-state index in [9.17, 15) is 0 Å². The quantitative estimate of drug-likeness (QED) is 0.784. The van der Waals surface area contributed by atoms with Gasteiger partial charge in [-0.2, -0.15) is 0 Å². The molecule has 5 rings (SSSR count). The molecule has 2 aromatic rings. The summed E-state index contributed by atoms with van der Waals surface area (Å²) < 4.78 is 19.6. The molecule has 0 bridgehead atoms. The maximum Gasteiger partial charge on any atom is 0.182 e. The summed E-state index contributed by atoms with van der Waals surface area (Å²) in [4.78, 5) is 0. The first kappa shape index (κ1) is 19.0. The highest BCUT2D eigenvalue weighted by molar-refractivity contribution is 5.57. The molecule has 8 nitrogen and oxygen atoms in total. The summed E-state index contributed by atoms with van der Waals surface area (Å²) >= 11 is 0. The number of aromatic nitrogens is 4. The van der Waals surface area contributed by atoms with Gasteiger partial charge in [0.05, 0.1) is 20.3 Å². The summed E-state index contributed by atoms with van der Waals surface area (Å²) in [7, 11) is 1.66. The van der Waals surface area contributed by atoms with Gasteiger partial charge in [-0.05, 0) is 35.4 Å². The predicted molar refractivity (Wildman–Crippen MR) is 105 cm³/mol. The highest BCUT2D eigenvalue weighted by Gasteiger charge is 2.51. The molecule has 3 aliphatic rings. The molecule has 4 atom stereocenters. The Bertz CT molecular complexity index is 822. The van der Waals surface area contributed by atoms with Crippen LogP contribution >= 0.6 is 0 Å². The summed E-state index contributed by atoms with van der Waals surface area (Å²) in [6.45, 7) is 2.49. The molecule has 1 aliphatic carbocycles. The fourth-order valence-electron chi connectivity index (χ4n) is 5.08. The zero-order chi connectivity index (χ0) is 19.6. The second-order valence-electron chi connectivity index (χ2n) is 8.48. The number of nitrogens with two attached hydrogens (primary N) is 1. The lowest BCUT2D eigenvalue weighted by Crippen LogP contribution is -2.93. The Morgan fingerprint density at radius 3 is 2.86 bits per heavy atom. The van der Waals surface area contributed by atoms with Gasteiger partial charge in [-0.1, -0.05) is 31.4 Å². The molecular formula is C21H30N5O3+. The number of nitrogens with zero attached hydrogens (tertiary/aromatic N) is 4. The third kappa shape index (κ3) is 3.76. The molecule has 0 radical (unpaired) electrons. The average molecular weight is 401 g/mol. The van der Waals surface area contributed by atoms with E-state index >= 15 is 0 Å². The monoisotopic (exact) mass is 400 g/mol. The van der Waals surface area contributed by atoms with E-state index in [-0.39, 0.29) is 18.2 Å². The zero-order valence-corrected chi connectivity index (χ0v) is 16.9. The molecule has 1 aromatic carbocycles. The minimum atomic E-state index is -0.00992. The Morgan fingerprint density at radius 1 is 1.14 bits per heavy atom. The molecule has 3 heterocycles. The van der Waals surface area contributed by atoms with Crippen molar-refractivity contribution in [1.82, 2.24) is 20.2 Å². The molecule has 1 saturated carbocycles. The fourth-order valence-corrected chi connectivity index (χ4v) is 5.08. The minimum absolute atomic E-state index is 0.00420. The standard InChI is InChI=1S/C21H29N5O3/c1-27-16-9-5-8-15(10-16)21-23-24-25-26(21)18-13-29-19-17(12-28-20(18)19)22-11-14-6-3-2-4-7-14/h5,8-10,14,17-20,22H,2-4,6-7,11-13H2,1H3/p+1/t17-,18-,19+,20+/m0/s1. The number of quaternary nitrogens is 1. The molecule has 1 aromatic heterocycles. The lowest BCUT2D eigenvalue weighted by molar-refractivity contribution is -0.698. The second-order valence-corrected chi connectivity index (χ2v) is 8.48. The van der Waals surface area contributed by atoms with Crippen LogP contribution in [0.2, 0.25) is 0 Å². The molecule has 156 valence electrons. The number of fused-ring (bicyclic) bond motifs is 1. The smallest absolute Gasteiger partial charge is 0.182 e. The number of tetrazole rings is 1. The fraction of sp³-hybridized carbons (Fsp3) is 0.667. The lowest BCUT2D eigenvalue weighted by atomic mass is 9.89. The number of hydrogen-bond donors (Lipinski definition) is 1. The van der Waals surface area contributed by atoms with E-state index in [4.69, 9.17) is 14.2 Å². The third-order valence-electron chi connectivity index (χ3n) is 6.70. The van der Waals surface area contributed by atoms with E-state index in [1.807, 2.05) is 28.9 Å². The van der Waals surface area contributed by atoms with Crippen molar-refractivity contribution in [3.05, 3.63) is 24.3 Å². The van der Waals surface area contributed by atoms with Gasteiger partial charge in [0.2, 0.25) is 0 Å². The summed E-state index contributed by atoms with van der Waals surface area (Å²) in [6, 6.07) is 8.16. The van der Waals surface area contributed by atoms with Crippen molar-refractivity contribution in [2.24, 2.45) is 5.92 Å². The minimum Gasteiger partial charge on any atom is -0.497 e. The predicted octanol–water partition coefficient (Wildman–Crippen LogP) is 1.20. The summed E-state index contributed by atoms with van der Waals surface area (Å²) in [5, 5.41) is 14.9. The molecule has 2 saturated heterocycles. The van der Waals surface area contributed by atoms with Gasteiger partial charge >= 0.3 is 0 Å². The van der Waals surface area contributed by atoms with Crippen molar-refractivity contribution < 1.29 is 19.5 Å². The van der Waals surface area contributed by atoms with Gasteiger partial charge in [0, 0.05) is 11.5 Å². The average Bonchev–Trinajstić information content (AvgIpc) is 3.49. The Balaban J connectivity index is 1.28. The van der Waals surface area contributed by atoms with Crippen molar-refractivity contribution >= 4 is 0 Å². The molecule has 2 aliphatic heterocycles. The van der Waals surface area contributed by atoms with Gasteiger partial charge in [-0.25, -0.2) is 4.68 Å². The molecule has 2 N–H and O–H groups in total. The lowest BCUT2D eigenvalue weighted by Gasteiger charge is -2.22. The molecule has 29 heavy (non-hydrogen) atoms. The topological polar surface area (TPSA) is 87.9 Å². The first-order valence-corrected chi connectivity index (χ1v) is 10.8. The number of methoxy groups -OCH3 is 1. The molecular weight excluding hydrogens is 370 g/mol. The van der Waals surface area contributed by atoms with Crippen LogP contribution in [-0.4, -0.2) is 65.3 Å². The SMILES string of the molecule is COc1cccc(-c2nnnn2[C@H]2CO[C@H]3[C@@H]2OC[C@@H]3[NH2+]CC2CCCCC2)c1. The maximum absolute atomic E-state index is 6.20. The van der Waals surface area contributed by atoms with E-state index in [1.54, 1.807) is 7.11 Å². The van der Waals surface area contributed by atoms with E-state index in [1.165, 1.54) is 38.6 Å². The summed E-state index contributed by atoms with van der Waals surface area (Å²) in [6.07, 6.45) is 7.01. The Kier molecular flexibility index (Phi) is 5.48. The van der Waals surface area contributed by atoms with E-state index < -0.39 is 0 Å². The van der Waals surface area contributed by atoms with Gasteiger partial charge in [0.25, 0.3) is 0 Å². The van der Waals surface area contributed by atoms with Gasteiger partial charge < -0.3 is 19.5 Å². The van der Waals surface area contributed by atoms with Gasteiger partial charge in [0.1, 0.15) is 36.6 Å². The second kappa shape index (κ2) is 8.38. The van der Waals surface area contributed by atoms with Gasteiger partial charge in [-0.3, -0.25) is 0 Å². The summed E-state index contributed by atoms with van der Waals surface area (Å²) in [5.41, 5.74) is 0.927. The highest BCUT2D eigenvalue weighted by Crippen LogP contribution is 2.35. The number of rotatable bonds is 6. The van der Waals surface area contributed by atoms with E-state index in [2.05, 4.69) is 20.8 Å². The zero-order valence-electron chi connectivity index (χ0n) is 16.9. The van der Waals surface area contributed by atoms with Crippen LogP contribution in [0.4, 0.5) is 0 Å². The van der Waals surface area contributed by atoms with Crippen LogP contribution in [0.25, 0.3) is 11.4 Å². The number of benzene rings is 1. The van der Waals surface area contributed by atoms with Crippen LogP contribution < -0.4 is 10.1 Å². The van der Waals surface area contributed by atoms with Crippen molar-refractivity contribution in [1.29, 1.82) is 0 Å². The van der Waals surface area contributed by atoms with E-state index in [0.717, 1.165) is 29.7 Å². The van der Waals surface area contributed by atoms with Crippen LogP contribution in [0.3, 0.4) is 0 Å². The van der Waals surface area contributed by atoms with Crippen LogP contribution in [0, 0.1) is 5.92 Å². The summed E-state index contributed by atoms with van der Waals surface area (Å²) in [5.74, 6) is 2.35. The molecule has 0 unspecified atom stereocenters. The molecule has 3 fully saturated rings. The Hall–Kier alpha value is -2.03. The third-order valence-corrected chi connectivity index (χ3v) is 6.70. The maximum atomic E-state index is 6.20. The molecule has 0 spiro atoms. The first-order valence-electron chi connectivity index (χ1n) is 10.8. The first-order chi connectivity index (χ1) is 14.3. The van der Waals surface area contributed by atoms with Crippen LogP contribution in [0.15, 0.2) is 24.3 Å². The van der Waals surface area contributed by atoms with Crippen molar-refractivity contribution in [3.63, 3.8) is 0 Å². The Labute approximate surface area is 170 Å². The van der Waals surface area contributed by atoms with Gasteiger partial charge in [-0.15, -0.1) is 5.10 Å². The van der Waals surface area contributed by atoms with Gasteiger partial charge in [0.15, 0.2) is 5.82 Å². The highest BCUT2D eigenvalue weighted by atomic mass is 16.6.